The standard InChI is InChI=1S/C12H24N2O2/c1-4-11(13)12(15)14(7-8-16-3)9(2)10-5-6-10/h9-11H,4-8,13H2,1-3H3. The van der Waals surface area contributed by atoms with E-state index in [9.17, 15) is 4.79 Å². The lowest BCUT2D eigenvalue weighted by atomic mass is 10.1. The van der Waals surface area contributed by atoms with E-state index >= 15 is 0 Å². The monoisotopic (exact) mass is 228 g/mol. The summed E-state index contributed by atoms with van der Waals surface area (Å²) in [7, 11) is 1.66. The van der Waals surface area contributed by atoms with Gasteiger partial charge in [0.25, 0.3) is 0 Å². The predicted octanol–water partition coefficient (Wildman–Crippen LogP) is 0.997. The molecule has 2 unspecified atom stereocenters. The van der Waals surface area contributed by atoms with E-state index in [0.717, 1.165) is 0 Å². The molecule has 1 amide bonds. The topological polar surface area (TPSA) is 55.6 Å². The molecule has 1 aliphatic rings. The van der Waals surface area contributed by atoms with Crippen molar-refractivity contribution in [3.63, 3.8) is 0 Å². The molecule has 1 rings (SSSR count). The Labute approximate surface area is 98.1 Å². The van der Waals surface area contributed by atoms with Crippen molar-refractivity contribution in [2.24, 2.45) is 11.7 Å². The van der Waals surface area contributed by atoms with Crippen molar-refractivity contribution in [2.45, 2.75) is 45.2 Å². The van der Waals surface area contributed by atoms with Crippen LogP contribution in [0.5, 0.6) is 0 Å². The van der Waals surface area contributed by atoms with Gasteiger partial charge in [0.05, 0.1) is 12.6 Å². The van der Waals surface area contributed by atoms with Crippen LogP contribution in [0.25, 0.3) is 0 Å². The van der Waals surface area contributed by atoms with Crippen molar-refractivity contribution in [3.8, 4) is 0 Å². The molecule has 2 atom stereocenters. The fourth-order valence-electron chi connectivity index (χ4n) is 1.92. The van der Waals surface area contributed by atoms with E-state index in [1.807, 2.05) is 11.8 Å². The number of hydrogen-bond acceptors (Lipinski definition) is 3. The lowest BCUT2D eigenvalue weighted by molar-refractivity contribution is -0.135. The van der Waals surface area contributed by atoms with Crippen LogP contribution in [0.1, 0.15) is 33.1 Å². The number of nitrogens with two attached hydrogens (primary N) is 1. The van der Waals surface area contributed by atoms with Crippen LogP contribution in [0.4, 0.5) is 0 Å². The van der Waals surface area contributed by atoms with Crippen LogP contribution in [0.15, 0.2) is 0 Å². The molecule has 1 aliphatic carbocycles. The Morgan fingerprint density at radius 2 is 2.19 bits per heavy atom. The normalized spacial score (nSPS) is 19.2. The highest BCUT2D eigenvalue weighted by atomic mass is 16.5. The van der Waals surface area contributed by atoms with Crippen LogP contribution in [0.3, 0.4) is 0 Å². The Balaban J connectivity index is 2.57. The molecule has 0 saturated heterocycles. The van der Waals surface area contributed by atoms with Gasteiger partial charge in [-0.15, -0.1) is 0 Å². The minimum atomic E-state index is -0.363. The van der Waals surface area contributed by atoms with E-state index in [2.05, 4.69) is 6.92 Å². The first kappa shape index (κ1) is 13.5. The van der Waals surface area contributed by atoms with Crippen molar-refractivity contribution in [2.75, 3.05) is 20.3 Å². The largest absolute Gasteiger partial charge is 0.383 e. The van der Waals surface area contributed by atoms with E-state index in [-0.39, 0.29) is 11.9 Å². The van der Waals surface area contributed by atoms with E-state index in [1.165, 1.54) is 12.8 Å². The molecule has 94 valence electrons. The van der Waals surface area contributed by atoms with Crippen molar-refractivity contribution < 1.29 is 9.53 Å². The third-order valence-corrected chi connectivity index (χ3v) is 3.37. The average molecular weight is 228 g/mol. The minimum Gasteiger partial charge on any atom is -0.383 e. The molecule has 0 heterocycles. The van der Waals surface area contributed by atoms with Gasteiger partial charge in [0.15, 0.2) is 0 Å². The van der Waals surface area contributed by atoms with Gasteiger partial charge in [-0.25, -0.2) is 0 Å². The zero-order valence-electron chi connectivity index (χ0n) is 10.6. The van der Waals surface area contributed by atoms with Crippen LogP contribution in [-0.4, -0.2) is 43.2 Å². The lowest BCUT2D eigenvalue weighted by Gasteiger charge is -2.31. The van der Waals surface area contributed by atoms with Gasteiger partial charge >= 0.3 is 0 Å². The van der Waals surface area contributed by atoms with Crippen molar-refractivity contribution in [3.05, 3.63) is 0 Å². The summed E-state index contributed by atoms with van der Waals surface area (Å²) in [6.45, 7) is 5.30. The van der Waals surface area contributed by atoms with Gasteiger partial charge in [0.1, 0.15) is 0 Å². The van der Waals surface area contributed by atoms with Crippen molar-refractivity contribution in [1.82, 2.24) is 4.90 Å². The molecule has 0 aliphatic heterocycles. The number of amides is 1. The summed E-state index contributed by atoms with van der Waals surface area (Å²) in [5.41, 5.74) is 5.82. The Kier molecular flexibility index (Phi) is 5.22. The van der Waals surface area contributed by atoms with Gasteiger partial charge in [-0.05, 0) is 32.1 Å². The predicted molar refractivity (Wildman–Crippen MR) is 64.0 cm³/mol. The third kappa shape index (κ3) is 3.46. The Hall–Kier alpha value is -0.610. The molecule has 0 aromatic carbocycles. The van der Waals surface area contributed by atoms with Gasteiger partial charge in [-0.3, -0.25) is 4.79 Å². The molecule has 4 heteroatoms. The highest BCUT2D eigenvalue weighted by Crippen LogP contribution is 2.35. The quantitative estimate of drug-likeness (QED) is 0.707. The number of ether oxygens (including phenoxy) is 1. The molecular formula is C12H24N2O2. The molecule has 0 spiro atoms. The zero-order valence-corrected chi connectivity index (χ0v) is 10.6. The maximum absolute atomic E-state index is 12.1. The fraction of sp³-hybridized carbons (Fsp3) is 0.917. The van der Waals surface area contributed by atoms with Gasteiger partial charge < -0.3 is 15.4 Å². The zero-order chi connectivity index (χ0) is 12.1. The minimum absolute atomic E-state index is 0.0685. The van der Waals surface area contributed by atoms with Gasteiger partial charge in [-0.1, -0.05) is 6.92 Å². The van der Waals surface area contributed by atoms with Crippen molar-refractivity contribution in [1.29, 1.82) is 0 Å². The highest BCUT2D eigenvalue weighted by Gasteiger charge is 2.35. The summed E-state index contributed by atoms with van der Waals surface area (Å²) >= 11 is 0. The van der Waals surface area contributed by atoms with Gasteiger partial charge in [0, 0.05) is 19.7 Å². The molecule has 0 aromatic heterocycles. The highest BCUT2D eigenvalue weighted by molar-refractivity contribution is 5.81. The van der Waals surface area contributed by atoms with E-state index in [4.69, 9.17) is 10.5 Å². The molecule has 0 radical (unpaired) electrons. The van der Waals surface area contributed by atoms with E-state index in [0.29, 0.717) is 31.5 Å². The van der Waals surface area contributed by atoms with Crippen LogP contribution in [0.2, 0.25) is 0 Å². The number of rotatable bonds is 7. The summed E-state index contributed by atoms with van der Waals surface area (Å²) in [6.07, 6.45) is 3.16. The van der Waals surface area contributed by atoms with Gasteiger partial charge in [0.2, 0.25) is 5.91 Å². The number of nitrogens with zero attached hydrogens (tertiary/aromatic N) is 1. The SMILES string of the molecule is CCC(N)C(=O)N(CCOC)C(C)C1CC1. The molecular weight excluding hydrogens is 204 g/mol. The fourth-order valence-corrected chi connectivity index (χ4v) is 1.92. The first-order chi connectivity index (χ1) is 7.61. The lowest BCUT2D eigenvalue weighted by Crippen LogP contribution is -2.49. The molecule has 4 nitrogen and oxygen atoms in total. The van der Waals surface area contributed by atoms with Crippen LogP contribution in [0, 0.1) is 5.92 Å². The second-order valence-electron chi connectivity index (χ2n) is 4.62. The second-order valence-corrected chi connectivity index (χ2v) is 4.62. The molecule has 2 N–H and O–H groups in total. The summed E-state index contributed by atoms with van der Waals surface area (Å²) in [6, 6.07) is -0.0571. The number of methoxy groups -OCH3 is 1. The number of hydrogen-bond donors (Lipinski definition) is 1. The third-order valence-electron chi connectivity index (χ3n) is 3.37. The Morgan fingerprint density at radius 1 is 1.56 bits per heavy atom. The van der Waals surface area contributed by atoms with Crippen LogP contribution in [-0.2, 0) is 9.53 Å². The molecule has 1 saturated carbocycles. The smallest absolute Gasteiger partial charge is 0.239 e. The van der Waals surface area contributed by atoms with Crippen LogP contribution < -0.4 is 5.73 Å². The summed E-state index contributed by atoms with van der Waals surface area (Å²) in [4.78, 5) is 14.0. The van der Waals surface area contributed by atoms with Gasteiger partial charge in [-0.2, -0.15) is 0 Å². The molecule has 1 fully saturated rings. The Bertz CT molecular complexity index is 229. The molecule has 16 heavy (non-hydrogen) atoms. The summed E-state index contributed by atoms with van der Waals surface area (Å²) in [5, 5.41) is 0. The van der Waals surface area contributed by atoms with E-state index < -0.39 is 0 Å². The average Bonchev–Trinajstić information content (AvgIpc) is 3.11. The first-order valence-electron chi connectivity index (χ1n) is 6.16. The van der Waals surface area contributed by atoms with E-state index in [1.54, 1.807) is 7.11 Å². The second kappa shape index (κ2) is 6.21. The number of carbonyl (C=O) groups excluding carboxylic acids is 1. The molecule has 0 aromatic rings. The maximum atomic E-state index is 12.1. The maximum Gasteiger partial charge on any atom is 0.239 e. The first-order valence-corrected chi connectivity index (χ1v) is 6.16. The van der Waals surface area contributed by atoms with Crippen LogP contribution >= 0.6 is 0 Å². The summed E-state index contributed by atoms with van der Waals surface area (Å²) in [5.74, 6) is 0.740. The van der Waals surface area contributed by atoms with Crippen molar-refractivity contribution >= 4 is 5.91 Å². The Morgan fingerprint density at radius 3 is 2.62 bits per heavy atom. The molecule has 0 bridgehead atoms. The number of carbonyl (C=O) groups is 1. The summed E-state index contributed by atoms with van der Waals surface area (Å²) < 4.78 is 5.05.